The first-order valence-electron chi connectivity index (χ1n) is 5.94. The van der Waals surface area contributed by atoms with Crippen molar-refractivity contribution in [1.29, 1.82) is 0 Å². The zero-order valence-corrected chi connectivity index (χ0v) is 10.6. The molecule has 94 valence electrons. The number of carbonyl (C=O) groups excluding carboxylic acids is 2. The minimum atomic E-state index is -0.998. The van der Waals surface area contributed by atoms with Gasteiger partial charge < -0.3 is 10.1 Å². The van der Waals surface area contributed by atoms with Crippen LogP contribution in [0, 0.1) is 10.8 Å². The lowest BCUT2D eigenvalue weighted by Gasteiger charge is -2.35. The first-order chi connectivity index (χ1) is 7.82. The molecule has 2 fully saturated rings. The van der Waals surface area contributed by atoms with E-state index in [2.05, 4.69) is 11.9 Å². The fourth-order valence-electron chi connectivity index (χ4n) is 3.05. The highest BCUT2D eigenvalue weighted by Crippen LogP contribution is 2.65. The molecule has 1 aliphatic heterocycles. The molecule has 4 nitrogen and oxygen atoms in total. The lowest BCUT2D eigenvalue weighted by Crippen LogP contribution is -2.53. The monoisotopic (exact) mass is 237 g/mol. The molecule has 2 bridgehead atoms. The smallest absolute Gasteiger partial charge is 0.313 e. The lowest BCUT2D eigenvalue weighted by atomic mass is 9.66. The molecule has 0 aromatic rings. The lowest BCUT2D eigenvalue weighted by molar-refractivity contribution is -0.168. The van der Waals surface area contributed by atoms with Crippen molar-refractivity contribution in [2.75, 3.05) is 6.54 Å². The third-order valence-corrected chi connectivity index (χ3v) is 4.86. The van der Waals surface area contributed by atoms with Gasteiger partial charge in [-0.25, -0.2) is 0 Å². The van der Waals surface area contributed by atoms with E-state index in [0.29, 0.717) is 19.4 Å². The molecule has 0 radical (unpaired) electrons. The molecule has 0 aromatic heterocycles. The Balaban J connectivity index is 2.36. The largest absolute Gasteiger partial charge is 0.448 e. The van der Waals surface area contributed by atoms with Gasteiger partial charge in [-0.3, -0.25) is 9.59 Å². The standard InChI is InChI=1S/C13H19NO3/c1-5-8-14-9(15)13-7-6-12(4,10(16)17-13)11(13,2)3/h5H,1,6-8H2,2-4H3,(H,14,15)/t12-,13-/m1/s1. The Morgan fingerprint density at radius 1 is 1.47 bits per heavy atom. The molecule has 1 saturated heterocycles. The van der Waals surface area contributed by atoms with Gasteiger partial charge >= 0.3 is 5.97 Å². The summed E-state index contributed by atoms with van der Waals surface area (Å²) >= 11 is 0. The van der Waals surface area contributed by atoms with Crippen LogP contribution >= 0.6 is 0 Å². The molecule has 0 spiro atoms. The van der Waals surface area contributed by atoms with E-state index in [1.165, 1.54) is 0 Å². The molecular weight excluding hydrogens is 218 g/mol. The van der Waals surface area contributed by atoms with Crippen molar-refractivity contribution in [2.24, 2.45) is 10.8 Å². The number of hydrogen-bond acceptors (Lipinski definition) is 3. The van der Waals surface area contributed by atoms with Crippen molar-refractivity contribution in [3.8, 4) is 0 Å². The van der Waals surface area contributed by atoms with E-state index in [0.717, 1.165) is 0 Å². The first kappa shape index (κ1) is 12.1. The number of fused-ring (bicyclic) bond motifs is 2. The van der Waals surface area contributed by atoms with Crippen LogP contribution in [0.4, 0.5) is 0 Å². The molecule has 17 heavy (non-hydrogen) atoms. The van der Waals surface area contributed by atoms with Gasteiger partial charge in [-0.1, -0.05) is 19.9 Å². The molecule has 1 heterocycles. The molecule has 0 unspecified atom stereocenters. The van der Waals surface area contributed by atoms with Gasteiger partial charge in [0.1, 0.15) is 0 Å². The van der Waals surface area contributed by atoms with Crippen LogP contribution in [0.1, 0.15) is 33.6 Å². The van der Waals surface area contributed by atoms with E-state index < -0.39 is 16.4 Å². The predicted octanol–water partition coefficient (Wildman–Crippen LogP) is 1.41. The van der Waals surface area contributed by atoms with Crippen LogP contribution in [0.3, 0.4) is 0 Å². The molecule has 0 aromatic carbocycles. The maximum atomic E-state index is 12.3. The maximum Gasteiger partial charge on any atom is 0.313 e. The molecular formula is C13H19NO3. The van der Waals surface area contributed by atoms with Crippen LogP contribution in [0.5, 0.6) is 0 Å². The zero-order valence-electron chi connectivity index (χ0n) is 10.6. The van der Waals surface area contributed by atoms with Crippen molar-refractivity contribution < 1.29 is 14.3 Å². The van der Waals surface area contributed by atoms with Crippen LogP contribution < -0.4 is 5.32 Å². The summed E-state index contributed by atoms with van der Waals surface area (Å²) in [5, 5.41) is 2.75. The number of esters is 1. The van der Waals surface area contributed by atoms with E-state index in [4.69, 9.17) is 4.74 Å². The fourth-order valence-corrected chi connectivity index (χ4v) is 3.05. The molecule has 2 rings (SSSR count). The second kappa shape index (κ2) is 3.34. The average molecular weight is 237 g/mol. The Bertz CT molecular complexity index is 401. The summed E-state index contributed by atoms with van der Waals surface area (Å²) in [6.45, 7) is 9.73. The van der Waals surface area contributed by atoms with E-state index in [1.807, 2.05) is 20.8 Å². The fraction of sp³-hybridized carbons (Fsp3) is 0.692. The number of nitrogens with one attached hydrogen (secondary N) is 1. The van der Waals surface area contributed by atoms with Gasteiger partial charge in [-0.15, -0.1) is 6.58 Å². The Morgan fingerprint density at radius 3 is 2.53 bits per heavy atom. The molecule has 1 aliphatic carbocycles. The van der Waals surface area contributed by atoms with Gasteiger partial charge in [-0.2, -0.15) is 0 Å². The van der Waals surface area contributed by atoms with E-state index >= 15 is 0 Å². The second-order valence-corrected chi connectivity index (χ2v) is 5.67. The van der Waals surface area contributed by atoms with Crippen LogP contribution in [-0.2, 0) is 14.3 Å². The van der Waals surface area contributed by atoms with E-state index in [1.54, 1.807) is 6.08 Å². The van der Waals surface area contributed by atoms with Crippen molar-refractivity contribution in [2.45, 2.75) is 39.2 Å². The summed E-state index contributed by atoms with van der Waals surface area (Å²) in [5.74, 6) is -0.445. The van der Waals surface area contributed by atoms with Gasteiger partial charge in [0.25, 0.3) is 5.91 Å². The van der Waals surface area contributed by atoms with Crippen LogP contribution in [0.25, 0.3) is 0 Å². The number of hydrogen-bond donors (Lipinski definition) is 1. The third-order valence-electron chi connectivity index (χ3n) is 4.86. The summed E-state index contributed by atoms with van der Waals surface area (Å²) in [4.78, 5) is 24.2. The Labute approximate surface area is 101 Å². The van der Waals surface area contributed by atoms with Gasteiger partial charge in [-0.05, 0) is 19.8 Å². The van der Waals surface area contributed by atoms with Gasteiger partial charge in [0.2, 0.25) is 0 Å². The molecule has 1 saturated carbocycles. The summed E-state index contributed by atoms with van der Waals surface area (Å²) in [5.41, 5.74) is -2.01. The maximum absolute atomic E-state index is 12.3. The van der Waals surface area contributed by atoms with Crippen LogP contribution in [0.2, 0.25) is 0 Å². The summed E-state index contributed by atoms with van der Waals surface area (Å²) < 4.78 is 5.44. The highest BCUT2D eigenvalue weighted by atomic mass is 16.6. The van der Waals surface area contributed by atoms with Crippen molar-refractivity contribution in [1.82, 2.24) is 5.32 Å². The highest BCUT2D eigenvalue weighted by molar-refractivity contribution is 5.96. The average Bonchev–Trinajstić information content (AvgIpc) is 2.56. The topological polar surface area (TPSA) is 55.4 Å². The molecule has 4 heteroatoms. The molecule has 2 aliphatic rings. The van der Waals surface area contributed by atoms with Crippen molar-refractivity contribution in [3.63, 3.8) is 0 Å². The highest BCUT2D eigenvalue weighted by Gasteiger charge is 2.75. The third kappa shape index (κ3) is 1.18. The molecule has 1 N–H and O–H groups in total. The van der Waals surface area contributed by atoms with Gasteiger partial charge in [0.05, 0.1) is 5.41 Å². The van der Waals surface area contributed by atoms with Crippen molar-refractivity contribution in [3.05, 3.63) is 12.7 Å². The number of carbonyl (C=O) groups is 2. The SMILES string of the molecule is C=CCNC(=O)[C@@]12CC[C@](C)(C(=O)O1)C2(C)C. The summed E-state index contributed by atoms with van der Waals surface area (Å²) in [6, 6.07) is 0. The van der Waals surface area contributed by atoms with Crippen LogP contribution in [0.15, 0.2) is 12.7 Å². The number of amides is 1. The van der Waals surface area contributed by atoms with E-state index in [-0.39, 0.29) is 11.9 Å². The first-order valence-corrected chi connectivity index (χ1v) is 5.94. The minimum absolute atomic E-state index is 0.197. The molecule has 2 atom stereocenters. The molecule has 1 amide bonds. The summed E-state index contributed by atoms with van der Waals surface area (Å²) in [7, 11) is 0. The zero-order chi connectivity index (χ0) is 12.9. The van der Waals surface area contributed by atoms with Crippen molar-refractivity contribution >= 4 is 11.9 Å². The van der Waals surface area contributed by atoms with E-state index in [9.17, 15) is 9.59 Å². The van der Waals surface area contributed by atoms with Crippen LogP contribution in [-0.4, -0.2) is 24.0 Å². The number of rotatable bonds is 3. The Kier molecular flexibility index (Phi) is 2.39. The Morgan fingerprint density at radius 2 is 2.12 bits per heavy atom. The minimum Gasteiger partial charge on any atom is -0.448 e. The predicted molar refractivity (Wildman–Crippen MR) is 63.2 cm³/mol. The second-order valence-electron chi connectivity index (χ2n) is 5.67. The quantitative estimate of drug-likeness (QED) is 0.596. The normalized spacial score (nSPS) is 37.7. The van der Waals surface area contributed by atoms with Gasteiger partial charge in [0, 0.05) is 12.0 Å². The Hall–Kier alpha value is -1.32. The number of ether oxygens (including phenoxy) is 1. The van der Waals surface area contributed by atoms with Gasteiger partial charge in [0.15, 0.2) is 5.60 Å². The summed E-state index contributed by atoms with van der Waals surface area (Å²) in [6.07, 6.45) is 2.93.